The van der Waals surface area contributed by atoms with E-state index in [0.29, 0.717) is 16.9 Å². The monoisotopic (exact) mass is 364 g/mol. The summed E-state index contributed by atoms with van der Waals surface area (Å²) in [6.07, 6.45) is 0. The number of aryl methyl sites for hydroxylation is 1. The molecule has 0 aliphatic carbocycles. The zero-order valence-corrected chi connectivity index (χ0v) is 13.9. The third-order valence-electron chi connectivity index (χ3n) is 2.79. The van der Waals surface area contributed by atoms with Crippen molar-refractivity contribution < 1.29 is 8.42 Å². The largest absolute Gasteiger partial charge is 0.398 e. The Labute approximate surface area is 137 Å². The Hall–Kier alpha value is -1.14. The summed E-state index contributed by atoms with van der Waals surface area (Å²) in [7, 11) is -3.80. The van der Waals surface area contributed by atoms with Gasteiger partial charge in [-0.1, -0.05) is 34.8 Å². The fraction of sp³-hybridized carbons (Fsp3) is 0.0769. The van der Waals surface area contributed by atoms with Gasteiger partial charge >= 0.3 is 0 Å². The van der Waals surface area contributed by atoms with E-state index in [1.165, 1.54) is 24.3 Å². The minimum atomic E-state index is -3.80. The highest BCUT2D eigenvalue weighted by molar-refractivity contribution is 7.92. The van der Waals surface area contributed by atoms with Gasteiger partial charge in [-0.25, -0.2) is 8.42 Å². The lowest BCUT2D eigenvalue weighted by atomic mass is 10.2. The van der Waals surface area contributed by atoms with Crippen LogP contribution in [0.5, 0.6) is 0 Å². The number of halogens is 3. The molecule has 2 aromatic carbocycles. The first-order valence-electron chi connectivity index (χ1n) is 5.74. The molecule has 0 bridgehead atoms. The van der Waals surface area contributed by atoms with Crippen LogP contribution >= 0.6 is 34.8 Å². The zero-order chi connectivity index (χ0) is 15.8. The van der Waals surface area contributed by atoms with Crippen molar-refractivity contribution in [2.45, 2.75) is 11.8 Å². The van der Waals surface area contributed by atoms with Crippen LogP contribution in [0.2, 0.25) is 15.1 Å². The van der Waals surface area contributed by atoms with Gasteiger partial charge in [-0.2, -0.15) is 0 Å². The highest BCUT2D eigenvalue weighted by atomic mass is 35.5. The second-order valence-electron chi connectivity index (χ2n) is 4.37. The molecular weight excluding hydrogens is 355 g/mol. The van der Waals surface area contributed by atoms with Gasteiger partial charge in [0, 0.05) is 0 Å². The molecule has 0 aromatic heterocycles. The van der Waals surface area contributed by atoms with Crippen LogP contribution in [-0.2, 0) is 10.0 Å². The van der Waals surface area contributed by atoms with E-state index < -0.39 is 10.0 Å². The topological polar surface area (TPSA) is 72.2 Å². The zero-order valence-electron chi connectivity index (χ0n) is 10.8. The van der Waals surface area contributed by atoms with Gasteiger partial charge in [0.25, 0.3) is 10.0 Å². The molecule has 0 saturated carbocycles. The molecule has 0 atom stereocenters. The summed E-state index contributed by atoms with van der Waals surface area (Å²) in [6, 6.07) is 7.11. The fourth-order valence-corrected chi connectivity index (χ4v) is 3.34. The van der Waals surface area contributed by atoms with Crippen LogP contribution in [0, 0.1) is 6.92 Å². The molecule has 0 fully saturated rings. The number of nitrogens with two attached hydrogens (primary N) is 1. The maximum atomic E-state index is 12.3. The molecule has 112 valence electrons. The van der Waals surface area contributed by atoms with Crippen LogP contribution in [0.25, 0.3) is 0 Å². The highest BCUT2D eigenvalue weighted by Gasteiger charge is 2.17. The van der Waals surface area contributed by atoms with Crippen LogP contribution in [0.4, 0.5) is 11.4 Å². The number of hydrogen-bond donors (Lipinski definition) is 2. The lowest BCUT2D eigenvalue weighted by Gasteiger charge is -2.12. The molecule has 0 unspecified atom stereocenters. The van der Waals surface area contributed by atoms with E-state index in [4.69, 9.17) is 40.5 Å². The fourth-order valence-electron chi connectivity index (χ4n) is 1.66. The lowest BCUT2D eigenvalue weighted by Crippen LogP contribution is -2.14. The summed E-state index contributed by atoms with van der Waals surface area (Å²) in [5, 5.41) is 0.710. The molecular formula is C13H11Cl3N2O2S. The van der Waals surface area contributed by atoms with Crippen molar-refractivity contribution in [1.82, 2.24) is 0 Å². The first-order chi connectivity index (χ1) is 9.70. The van der Waals surface area contributed by atoms with Crippen LogP contribution in [0.3, 0.4) is 0 Å². The predicted octanol–water partition coefficient (Wildman–Crippen LogP) is 4.34. The molecule has 2 rings (SSSR count). The minimum Gasteiger partial charge on any atom is -0.398 e. The van der Waals surface area contributed by atoms with Crippen LogP contribution < -0.4 is 10.5 Å². The molecule has 0 radical (unpaired) electrons. The summed E-state index contributed by atoms with van der Waals surface area (Å²) in [6.45, 7) is 1.72. The Morgan fingerprint density at radius 3 is 2.29 bits per heavy atom. The van der Waals surface area contributed by atoms with Crippen LogP contribution in [-0.4, -0.2) is 8.42 Å². The molecule has 0 spiro atoms. The normalized spacial score (nSPS) is 11.4. The number of hydrogen-bond acceptors (Lipinski definition) is 3. The van der Waals surface area contributed by atoms with E-state index in [0.717, 1.165) is 0 Å². The molecule has 0 heterocycles. The van der Waals surface area contributed by atoms with E-state index in [-0.39, 0.29) is 20.0 Å². The molecule has 2 aromatic rings. The summed E-state index contributed by atoms with van der Waals surface area (Å²) < 4.78 is 27.1. The Morgan fingerprint density at radius 1 is 1.00 bits per heavy atom. The first kappa shape index (κ1) is 16.2. The van der Waals surface area contributed by atoms with Crippen molar-refractivity contribution >= 4 is 56.2 Å². The molecule has 0 aliphatic rings. The number of sulfonamides is 1. The quantitative estimate of drug-likeness (QED) is 0.795. The number of nitrogens with one attached hydrogen (secondary N) is 1. The molecule has 0 amide bonds. The predicted molar refractivity (Wildman–Crippen MR) is 87.9 cm³/mol. The number of nitrogen functional groups attached to an aromatic ring is 1. The summed E-state index contributed by atoms with van der Waals surface area (Å²) >= 11 is 17.5. The average molecular weight is 366 g/mol. The summed E-state index contributed by atoms with van der Waals surface area (Å²) in [5.74, 6) is 0. The minimum absolute atomic E-state index is 0.00393. The van der Waals surface area contributed by atoms with Gasteiger partial charge in [0.15, 0.2) is 0 Å². The van der Waals surface area contributed by atoms with Crippen molar-refractivity contribution in [3.63, 3.8) is 0 Å². The Balaban J connectivity index is 2.42. The third-order valence-corrected chi connectivity index (χ3v) is 5.22. The second kappa shape index (κ2) is 5.93. The second-order valence-corrected chi connectivity index (χ2v) is 7.27. The number of benzene rings is 2. The molecule has 0 aliphatic heterocycles. The van der Waals surface area contributed by atoms with Crippen LogP contribution in [0.1, 0.15) is 5.56 Å². The van der Waals surface area contributed by atoms with E-state index >= 15 is 0 Å². The SMILES string of the molecule is Cc1cc(N)c(Cl)cc1NS(=O)(=O)c1ccc(Cl)c(Cl)c1. The summed E-state index contributed by atoms with van der Waals surface area (Å²) in [4.78, 5) is 0.00393. The van der Waals surface area contributed by atoms with E-state index in [1.807, 2.05) is 0 Å². The highest BCUT2D eigenvalue weighted by Crippen LogP contribution is 2.30. The van der Waals surface area contributed by atoms with Gasteiger partial charge in [-0.3, -0.25) is 4.72 Å². The maximum Gasteiger partial charge on any atom is 0.261 e. The van der Waals surface area contributed by atoms with Gasteiger partial charge < -0.3 is 5.73 Å². The van der Waals surface area contributed by atoms with Gasteiger partial charge in [0.1, 0.15) is 0 Å². The molecule has 0 saturated heterocycles. The molecule has 21 heavy (non-hydrogen) atoms. The number of rotatable bonds is 3. The van der Waals surface area contributed by atoms with Crippen molar-refractivity contribution in [1.29, 1.82) is 0 Å². The molecule has 4 nitrogen and oxygen atoms in total. The van der Waals surface area contributed by atoms with Crippen molar-refractivity contribution in [3.05, 3.63) is 51.0 Å². The Kier molecular flexibility index (Phi) is 4.58. The maximum absolute atomic E-state index is 12.3. The third kappa shape index (κ3) is 3.55. The first-order valence-corrected chi connectivity index (χ1v) is 8.36. The van der Waals surface area contributed by atoms with Gasteiger partial charge in [-0.15, -0.1) is 0 Å². The van der Waals surface area contributed by atoms with Crippen molar-refractivity contribution in [2.24, 2.45) is 0 Å². The standard InChI is InChI=1S/C13H11Cl3N2O2S/c1-7-4-12(17)11(16)6-13(7)18-21(19,20)8-2-3-9(14)10(15)5-8/h2-6,18H,17H2,1H3. The van der Waals surface area contributed by atoms with E-state index in [9.17, 15) is 8.42 Å². The summed E-state index contributed by atoms with van der Waals surface area (Å²) in [5.41, 5.74) is 7.04. The molecule has 3 N–H and O–H groups in total. The molecule has 8 heteroatoms. The van der Waals surface area contributed by atoms with Gasteiger partial charge in [-0.05, 0) is 42.8 Å². The van der Waals surface area contributed by atoms with Crippen LogP contribution in [0.15, 0.2) is 35.2 Å². The lowest BCUT2D eigenvalue weighted by molar-refractivity contribution is 0.601. The van der Waals surface area contributed by atoms with Gasteiger partial charge in [0.05, 0.1) is 31.3 Å². The van der Waals surface area contributed by atoms with E-state index in [1.54, 1.807) is 13.0 Å². The Bertz CT molecular complexity index is 807. The van der Waals surface area contributed by atoms with E-state index in [2.05, 4.69) is 4.72 Å². The Morgan fingerprint density at radius 2 is 1.67 bits per heavy atom. The van der Waals surface area contributed by atoms with Gasteiger partial charge in [0.2, 0.25) is 0 Å². The van der Waals surface area contributed by atoms with Crippen molar-refractivity contribution in [3.8, 4) is 0 Å². The van der Waals surface area contributed by atoms with Crippen molar-refractivity contribution in [2.75, 3.05) is 10.5 Å². The average Bonchev–Trinajstić information content (AvgIpc) is 2.39. The number of anilines is 2. The smallest absolute Gasteiger partial charge is 0.261 e.